The van der Waals surface area contributed by atoms with Gasteiger partial charge in [0.05, 0.1) is 22.7 Å². The average Bonchev–Trinajstić information content (AvgIpc) is 3.73. The molecule has 1 saturated carbocycles. The Labute approximate surface area is 228 Å². The highest BCUT2D eigenvalue weighted by Gasteiger charge is 2.34. The predicted octanol–water partition coefficient (Wildman–Crippen LogP) is 6.72. The number of hydrogen-bond acceptors (Lipinski definition) is 5. The summed E-state index contributed by atoms with van der Waals surface area (Å²) >= 11 is 0. The molecule has 1 aliphatic carbocycles. The van der Waals surface area contributed by atoms with Crippen molar-refractivity contribution in [3.63, 3.8) is 0 Å². The molecular formula is C29H25F3N2O5S. The lowest BCUT2D eigenvalue weighted by atomic mass is 10.0. The van der Waals surface area contributed by atoms with E-state index in [0.29, 0.717) is 11.1 Å². The first-order chi connectivity index (χ1) is 18.8. The number of pyridine rings is 1. The number of aromatic carboxylic acids is 1. The van der Waals surface area contributed by atoms with Gasteiger partial charge in [-0.1, -0.05) is 36.4 Å². The number of halogens is 3. The number of benzene rings is 3. The number of rotatable bonds is 8. The highest BCUT2D eigenvalue weighted by molar-refractivity contribution is 7.92. The van der Waals surface area contributed by atoms with Crippen molar-refractivity contribution in [1.82, 2.24) is 4.98 Å². The number of carbonyl (C=O) groups is 1. The highest BCUT2D eigenvalue weighted by Crippen LogP contribution is 2.44. The fourth-order valence-corrected chi connectivity index (χ4v) is 6.27. The number of sulfonamides is 1. The van der Waals surface area contributed by atoms with Crippen molar-refractivity contribution in [2.24, 2.45) is 0 Å². The van der Waals surface area contributed by atoms with Gasteiger partial charge in [0, 0.05) is 16.9 Å². The molecule has 0 bridgehead atoms. The molecule has 1 N–H and O–H groups in total. The smallest absolute Gasteiger partial charge is 0.478 e. The van der Waals surface area contributed by atoms with Crippen LogP contribution in [0.3, 0.4) is 0 Å². The van der Waals surface area contributed by atoms with Crippen LogP contribution in [0.4, 0.5) is 19.0 Å². The van der Waals surface area contributed by atoms with Crippen LogP contribution >= 0.6 is 0 Å². The summed E-state index contributed by atoms with van der Waals surface area (Å²) in [6.07, 6.45) is -2.99. The van der Waals surface area contributed by atoms with Crippen LogP contribution in [0.25, 0.3) is 10.8 Å². The summed E-state index contributed by atoms with van der Waals surface area (Å²) in [6.45, 7) is 3.06. The Hall–Kier alpha value is -4.12. The van der Waals surface area contributed by atoms with Gasteiger partial charge in [-0.15, -0.1) is 13.2 Å². The first kappa shape index (κ1) is 27.4. The highest BCUT2D eigenvalue weighted by atomic mass is 32.2. The molecule has 0 atom stereocenters. The number of anilines is 1. The molecule has 1 heterocycles. The fraction of sp³-hybridized carbons (Fsp3) is 0.241. The Morgan fingerprint density at radius 1 is 1.02 bits per heavy atom. The van der Waals surface area contributed by atoms with Crippen LogP contribution in [-0.2, 0) is 16.6 Å². The summed E-state index contributed by atoms with van der Waals surface area (Å²) in [6, 6.07) is 16.4. The lowest BCUT2D eigenvalue weighted by molar-refractivity contribution is -0.274. The SMILES string of the molecule is Cc1cc(S(=O)(=O)N(Cc2ccc(OC(F)(F)F)cc2)c2nc(C3CC3)c3ccccc3c2C)ccc1C(=O)O. The first-order valence-electron chi connectivity index (χ1n) is 12.5. The third-order valence-corrected chi connectivity index (χ3v) is 8.60. The third kappa shape index (κ3) is 5.46. The van der Waals surface area contributed by atoms with Gasteiger partial charge in [0.15, 0.2) is 0 Å². The van der Waals surface area contributed by atoms with Crippen LogP contribution in [0.5, 0.6) is 5.75 Å². The molecule has 1 aromatic heterocycles. The van der Waals surface area contributed by atoms with E-state index in [9.17, 15) is 31.5 Å². The minimum atomic E-state index is -4.86. The van der Waals surface area contributed by atoms with E-state index in [2.05, 4.69) is 4.74 Å². The molecule has 0 radical (unpaired) electrons. The van der Waals surface area contributed by atoms with Gasteiger partial charge in [-0.3, -0.25) is 0 Å². The Balaban J connectivity index is 1.65. The van der Waals surface area contributed by atoms with Crippen molar-refractivity contribution in [3.05, 3.63) is 94.7 Å². The van der Waals surface area contributed by atoms with Gasteiger partial charge in [-0.2, -0.15) is 0 Å². The molecule has 0 spiro atoms. The zero-order chi connectivity index (χ0) is 28.8. The summed E-state index contributed by atoms with van der Waals surface area (Å²) in [7, 11) is -4.30. The van der Waals surface area contributed by atoms with Crippen molar-refractivity contribution in [1.29, 1.82) is 0 Å². The van der Waals surface area contributed by atoms with E-state index < -0.39 is 28.1 Å². The maximum absolute atomic E-state index is 14.2. The molecule has 1 aliphatic rings. The predicted molar refractivity (Wildman–Crippen MR) is 143 cm³/mol. The second kappa shape index (κ2) is 10.1. The van der Waals surface area contributed by atoms with Crippen molar-refractivity contribution in [2.75, 3.05) is 4.31 Å². The van der Waals surface area contributed by atoms with Gasteiger partial charge in [0.25, 0.3) is 10.0 Å². The van der Waals surface area contributed by atoms with Gasteiger partial charge in [-0.05, 0) is 73.5 Å². The van der Waals surface area contributed by atoms with Crippen LogP contribution < -0.4 is 9.04 Å². The van der Waals surface area contributed by atoms with Gasteiger partial charge < -0.3 is 9.84 Å². The van der Waals surface area contributed by atoms with Crippen molar-refractivity contribution < 1.29 is 36.2 Å². The lowest BCUT2D eigenvalue weighted by Crippen LogP contribution is -2.32. The molecule has 0 saturated heterocycles. The second-order valence-electron chi connectivity index (χ2n) is 9.75. The second-order valence-corrected chi connectivity index (χ2v) is 11.6. The fourth-order valence-electron chi connectivity index (χ4n) is 4.72. The number of alkyl halides is 3. The van der Waals surface area contributed by atoms with E-state index in [-0.39, 0.29) is 34.3 Å². The van der Waals surface area contributed by atoms with Crippen LogP contribution in [0, 0.1) is 13.8 Å². The van der Waals surface area contributed by atoms with Gasteiger partial charge in [0.1, 0.15) is 11.6 Å². The van der Waals surface area contributed by atoms with Crippen molar-refractivity contribution in [3.8, 4) is 5.75 Å². The molecule has 208 valence electrons. The van der Waals surface area contributed by atoms with Crippen LogP contribution in [0.2, 0.25) is 0 Å². The van der Waals surface area contributed by atoms with Crippen LogP contribution in [0.1, 0.15) is 51.5 Å². The Morgan fingerprint density at radius 2 is 1.68 bits per heavy atom. The molecule has 11 heteroatoms. The molecule has 4 aromatic rings. The first-order valence-corrected chi connectivity index (χ1v) is 13.9. The molecule has 40 heavy (non-hydrogen) atoms. The number of aromatic nitrogens is 1. The number of nitrogens with zero attached hydrogens (tertiary/aromatic N) is 2. The number of ether oxygens (including phenoxy) is 1. The van der Waals surface area contributed by atoms with E-state index in [4.69, 9.17) is 4.98 Å². The van der Waals surface area contributed by atoms with Crippen LogP contribution in [-0.4, -0.2) is 30.8 Å². The quantitative estimate of drug-likeness (QED) is 0.253. The minimum Gasteiger partial charge on any atom is -0.478 e. The average molecular weight is 571 g/mol. The molecule has 0 aliphatic heterocycles. The summed E-state index contributed by atoms with van der Waals surface area (Å²) in [4.78, 5) is 16.3. The summed E-state index contributed by atoms with van der Waals surface area (Å²) < 4.78 is 71.4. The van der Waals surface area contributed by atoms with Gasteiger partial charge in [-0.25, -0.2) is 22.5 Å². The standard InChI is InChI=1S/C29H25F3N2O5S/c1-17-15-22(13-14-23(17)28(35)36)40(37,38)34(16-19-7-11-21(12-8-19)39-29(30,31)32)27-18(2)24-5-3-4-6-25(24)26(33-27)20-9-10-20/h3-8,11-15,20H,9-10,16H2,1-2H3,(H,35,36). The van der Waals surface area contributed by atoms with E-state index in [1.165, 1.54) is 37.3 Å². The Morgan fingerprint density at radius 3 is 2.25 bits per heavy atom. The molecule has 7 nitrogen and oxygen atoms in total. The maximum atomic E-state index is 14.2. The third-order valence-electron chi connectivity index (χ3n) is 6.87. The van der Waals surface area contributed by atoms with Crippen molar-refractivity contribution >= 4 is 32.6 Å². The van der Waals surface area contributed by atoms with E-state index >= 15 is 0 Å². The molecule has 3 aromatic carbocycles. The normalized spacial score (nSPS) is 13.8. The van der Waals surface area contributed by atoms with E-state index in [0.717, 1.165) is 45.7 Å². The molecular weight excluding hydrogens is 545 g/mol. The summed E-state index contributed by atoms with van der Waals surface area (Å²) in [5, 5.41) is 11.2. The largest absolute Gasteiger partial charge is 0.573 e. The van der Waals surface area contributed by atoms with Crippen LogP contribution in [0.15, 0.2) is 71.6 Å². The maximum Gasteiger partial charge on any atom is 0.573 e. The lowest BCUT2D eigenvalue weighted by Gasteiger charge is -2.27. The zero-order valence-corrected chi connectivity index (χ0v) is 22.4. The minimum absolute atomic E-state index is 0.0261. The molecule has 0 amide bonds. The molecule has 5 rings (SSSR count). The zero-order valence-electron chi connectivity index (χ0n) is 21.6. The molecule has 1 fully saturated rings. The summed E-state index contributed by atoms with van der Waals surface area (Å²) in [5.74, 6) is -1.21. The monoisotopic (exact) mass is 570 g/mol. The Kier molecular flexibility index (Phi) is 6.95. The molecule has 0 unspecified atom stereocenters. The number of fused-ring (bicyclic) bond motifs is 1. The number of aryl methyl sites for hydroxylation is 2. The van der Waals surface area contributed by atoms with Gasteiger partial charge in [0.2, 0.25) is 0 Å². The van der Waals surface area contributed by atoms with E-state index in [1.54, 1.807) is 6.92 Å². The number of carboxylic acid groups (broad SMARTS) is 1. The number of carboxylic acids is 1. The van der Waals surface area contributed by atoms with Gasteiger partial charge >= 0.3 is 12.3 Å². The van der Waals surface area contributed by atoms with E-state index in [1.807, 2.05) is 24.3 Å². The summed E-state index contributed by atoms with van der Waals surface area (Å²) in [5.41, 5.74) is 2.06. The van der Waals surface area contributed by atoms with Crippen molar-refractivity contribution in [2.45, 2.75) is 50.4 Å². The number of hydrogen-bond donors (Lipinski definition) is 1. The Bertz CT molecular complexity index is 1720. The topological polar surface area (TPSA) is 96.8 Å².